The average Bonchev–Trinajstić information content (AvgIpc) is 3.31. The van der Waals surface area contributed by atoms with E-state index in [4.69, 9.17) is 14.9 Å². The van der Waals surface area contributed by atoms with E-state index in [0.717, 1.165) is 22.4 Å². The van der Waals surface area contributed by atoms with Crippen molar-refractivity contribution in [3.63, 3.8) is 0 Å². The lowest BCUT2D eigenvalue weighted by Crippen LogP contribution is -2.35. The van der Waals surface area contributed by atoms with Crippen LogP contribution in [0.2, 0.25) is 0 Å². The number of thioether (sulfide) groups is 1. The van der Waals surface area contributed by atoms with Gasteiger partial charge in [0, 0.05) is 18.0 Å². The number of benzene rings is 2. The van der Waals surface area contributed by atoms with Gasteiger partial charge in [-0.1, -0.05) is 29.8 Å². The van der Waals surface area contributed by atoms with E-state index in [0.29, 0.717) is 29.2 Å². The Kier molecular flexibility index (Phi) is 6.64. The van der Waals surface area contributed by atoms with E-state index in [-0.39, 0.29) is 11.4 Å². The first-order valence-corrected chi connectivity index (χ1v) is 12.1. The predicted octanol–water partition coefficient (Wildman–Crippen LogP) is 4.82. The molecule has 2 aromatic carbocycles. The Morgan fingerprint density at radius 2 is 1.86 bits per heavy atom. The van der Waals surface area contributed by atoms with E-state index in [2.05, 4.69) is 28.1 Å². The number of aromatic nitrogens is 1. The Morgan fingerprint density at radius 1 is 1.06 bits per heavy atom. The maximum Gasteiger partial charge on any atom is 0.283 e. The SMILES string of the molecule is Cc1ccc(OCCOc2ccc(/C=C3/C(=N)N4N=C(c5cccnc5)SC4=NC3=O)cc2)c(C)c1. The number of ether oxygens (including phenoxy) is 2. The summed E-state index contributed by atoms with van der Waals surface area (Å²) in [5, 5.41) is 15.4. The number of pyridine rings is 1. The van der Waals surface area contributed by atoms with Gasteiger partial charge in [0.15, 0.2) is 5.84 Å². The fraction of sp³-hybridized carbons (Fsp3) is 0.148. The lowest BCUT2D eigenvalue weighted by Gasteiger charge is -2.20. The number of amidine groups is 2. The van der Waals surface area contributed by atoms with Gasteiger partial charge in [-0.3, -0.25) is 15.2 Å². The third-order valence-corrected chi connectivity index (χ3v) is 6.45. The molecule has 1 amide bonds. The zero-order chi connectivity index (χ0) is 25.1. The summed E-state index contributed by atoms with van der Waals surface area (Å²) >= 11 is 1.24. The van der Waals surface area contributed by atoms with Gasteiger partial charge < -0.3 is 9.47 Å². The fourth-order valence-electron chi connectivity index (χ4n) is 3.70. The van der Waals surface area contributed by atoms with E-state index in [1.807, 2.05) is 55.5 Å². The van der Waals surface area contributed by atoms with Crippen LogP contribution in [0.5, 0.6) is 11.5 Å². The summed E-state index contributed by atoms with van der Waals surface area (Å²) in [6, 6.07) is 17.1. The van der Waals surface area contributed by atoms with Gasteiger partial charge >= 0.3 is 0 Å². The van der Waals surface area contributed by atoms with Crippen LogP contribution in [0.1, 0.15) is 22.3 Å². The Bertz CT molecular complexity index is 1420. The standard InChI is InChI=1S/C27H23N5O3S/c1-17-5-10-23(18(2)14-17)35-13-12-34-21-8-6-19(7-9-21)15-22-24(28)32-27(30-25(22)33)36-26(31-32)20-4-3-11-29-16-20/h3-11,14-16,28H,12-13H2,1-2H3/b22-15-,28-24?. The van der Waals surface area contributed by atoms with E-state index in [1.54, 1.807) is 18.5 Å². The Hall–Kier alpha value is -4.24. The summed E-state index contributed by atoms with van der Waals surface area (Å²) in [6.07, 6.45) is 5.00. The van der Waals surface area contributed by atoms with Crippen LogP contribution in [0, 0.1) is 19.3 Å². The van der Waals surface area contributed by atoms with Crippen molar-refractivity contribution in [1.82, 2.24) is 9.99 Å². The van der Waals surface area contributed by atoms with Crippen LogP contribution in [0.3, 0.4) is 0 Å². The molecule has 2 aliphatic heterocycles. The molecule has 0 fully saturated rings. The maximum absolute atomic E-state index is 12.7. The quantitative estimate of drug-likeness (QED) is 0.371. The number of hydrogen-bond donors (Lipinski definition) is 1. The molecule has 0 saturated heterocycles. The van der Waals surface area contributed by atoms with Gasteiger partial charge in [0.2, 0.25) is 5.17 Å². The Morgan fingerprint density at radius 3 is 2.61 bits per heavy atom. The van der Waals surface area contributed by atoms with Gasteiger partial charge in [0.05, 0.1) is 5.57 Å². The predicted molar refractivity (Wildman–Crippen MR) is 142 cm³/mol. The summed E-state index contributed by atoms with van der Waals surface area (Å²) in [5.74, 6) is 1.06. The summed E-state index contributed by atoms with van der Waals surface area (Å²) < 4.78 is 11.6. The average molecular weight is 498 g/mol. The van der Waals surface area contributed by atoms with Crippen LogP contribution in [0.15, 0.2) is 82.7 Å². The van der Waals surface area contributed by atoms with Crippen molar-refractivity contribution in [3.05, 3.63) is 94.8 Å². The first-order chi connectivity index (χ1) is 17.5. The molecule has 0 bridgehead atoms. The highest BCUT2D eigenvalue weighted by Crippen LogP contribution is 2.30. The van der Waals surface area contributed by atoms with E-state index in [1.165, 1.54) is 22.3 Å². The first kappa shape index (κ1) is 23.5. The molecule has 0 radical (unpaired) electrons. The molecule has 0 saturated carbocycles. The molecule has 0 spiro atoms. The molecular formula is C27H23N5O3S. The highest BCUT2D eigenvalue weighted by Gasteiger charge is 2.36. The minimum absolute atomic E-state index is 0.0136. The zero-order valence-corrected chi connectivity index (χ0v) is 20.6. The minimum atomic E-state index is -0.467. The van der Waals surface area contributed by atoms with Crippen molar-refractivity contribution >= 4 is 39.8 Å². The van der Waals surface area contributed by atoms with E-state index in [9.17, 15) is 4.79 Å². The first-order valence-electron chi connectivity index (χ1n) is 11.3. The maximum atomic E-state index is 12.7. The molecule has 1 N–H and O–H groups in total. The molecule has 0 aliphatic carbocycles. The highest BCUT2D eigenvalue weighted by atomic mass is 32.2. The number of nitrogens with one attached hydrogen (secondary N) is 1. The topological polar surface area (TPSA) is 100 Å². The fourth-order valence-corrected chi connectivity index (χ4v) is 4.58. The van der Waals surface area contributed by atoms with Crippen molar-refractivity contribution in [2.45, 2.75) is 13.8 Å². The summed E-state index contributed by atoms with van der Waals surface area (Å²) in [5.41, 5.74) is 4.03. The van der Waals surface area contributed by atoms with Gasteiger partial charge in [0.25, 0.3) is 5.91 Å². The largest absolute Gasteiger partial charge is 0.490 e. The number of aliphatic imine (C=N–C) groups is 1. The van der Waals surface area contributed by atoms with Crippen LogP contribution in [0.25, 0.3) is 6.08 Å². The van der Waals surface area contributed by atoms with Crippen LogP contribution >= 0.6 is 11.8 Å². The van der Waals surface area contributed by atoms with Gasteiger partial charge in [0.1, 0.15) is 29.8 Å². The van der Waals surface area contributed by atoms with Crippen LogP contribution in [0.4, 0.5) is 0 Å². The molecular weight excluding hydrogens is 474 g/mol. The van der Waals surface area contributed by atoms with Gasteiger partial charge in [-0.15, -0.1) is 0 Å². The van der Waals surface area contributed by atoms with E-state index >= 15 is 0 Å². The number of carbonyl (C=O) groups is 1. The van der Waals surface area contributed by atoms with Gasteiger partial charge in [-0.05, 0) is 73.1 Å². The third-order valence-electron chi connectivity index (χ3n) is 5.49. The molecule has 36 heavy (non-hydrogen) atoms. The molecule has 180 valence electrons. The van der Waals surface area contributed by atoms with Gasteiger partial charge in [-0.25, -0.2) is 0 Å². The number of hydrogen-bond acceptors (Lipinski definition) is 7. The second kappa shape index (κ2) is 10.2. The van der Waals surface area contributed by atoms with Crippen molar-refractivity contribution in [1.29, 1.82) is 5.41 Å². The van der Waals surface area contributed by atoms with Crippen LogP contribution in [-0.4, -0.2) is 45.2 Å². The number of fused-ring (bicyclic) bond motifs is 1. The van der Waals surface area contributed by atoms with Crippen molar-refractivity contribution in [3.8, 4) is 11.5 Å². The number of aryl methyl sites for hydroxylation is 2. The molecule has 5 rings (SSSR count). The summed E-state index contributed by atoms with van der Waals surface area (Å²) in [7, 11) is 0. The van der Waals surface area contributed by atoms with Crippen LogP contribution in [-0.2, 0) is 4.79 Å². The number of amides is 1. The van der Waals surface area contributed by atoms with E-state index < -0.39 is 5.91 Å². The van der Waals surface area contributed by atoms with Crippen molar-refractivity contribution in [2.75, 3.05) is 13.2 Å². The van der Waals surface area contributed by atoms with Crippen LogP contribution < -0.4 is 9.47 Å². The minimum Gasteiger partial charge on any atom is -0.490 e. The molecule has 8 nitrogen and oxygen atoms in total. The number of nitrogens with zero attached hydrogens (tertiary/aromatic N) is 4. The lowest BCUT2D eigenvalue weighted by atomic mass is 10.1. The number of carbonyl (C=O) groups excluding carboxylic acids is 1. The third kappa shape index (κ3) is 5.06. The monoisotopic (exact) mass is 497 g/mol. The smallest absolute Gasteiger partial charge is 0.283 e. The van der Waals surface area contributed by atoms with Gasteiger partial charge in [-0.2, -0.15) is 15.1 Å². The Labute approximate surface area is 212 Å². The molecule has 1 aromatic heterocycles. The summed E-state index contributed by atoms with van der Waals surface area (Å²) in [4.78, 5) is 20.9. The highest BCUT2D eigenvalue weighted by molar-refractivity contribution is 8.27. The van der Waals surface area contributed by atoms with Crippen molar-refractivity contribution < 1.29 is 14.3 Å². The Balaban J connectivity index is 1.21. The number of hydrazone groups is 1. The second-order valence-corrected chi connectivity index (χ2v) is 9.16. The molecule has 3 aromatic rings. The second-order valence-electron chi connectivity index (χ2n) is 8.20. The van der Waals surface area contributed by atoms with Crippen molar-refractivity contribution in [2.24, 2.45) is 10.1 Å². The number of rotatable bonds is 7. The lowest BCUT2D eigenvalue weighted by molar-refractivity contribution is -0.114. The molecule has 0 unspecified atom stereocenters. The summed E-state index contributed by atoms with van der Waals surface area (Å²) in [6.45, 7) is 4.90. The normalized spacial score (nSPS) is 16.1. The molecule has 0 atom stereocenters. The molecule has 9 heteroatoms. The molecule has 2 aliphatic rings. The molecule has 3 heterocycles. The zero-order valence-electron chi connectivity index (χ0n) is 19.8.